The largest absolute Gasteiger partial charge is 0.465 e. The van der Waals surface area contributed by atoms with Crippen molar-refractivity contribution >= 4 is 75.1 Å². The van der Waals surface area contributed by atoms with E-state index in [0.29, 0.717) is 30.5 Å². The van der Waals surface area contributed by atoms with Gasteiger partial charge in [-0.05, 0) is 30.3 Å². The van der Waals surface area contributed by atoms with Crippen LogP contribution >= 0.6 is 47.2 Å². The number of hydrogen-bond acceptors (Lipinski definition) is 5. The molecule has 2 aromatic carbocycles. The summed E-state index contributed by atoms with van der Waals surface area (Å²) in [4.78, 5) is 26.6. The summed E-state index contributed by atoms with van der Waals surface area (Å²) < 4.78 is 5.09. The Morgan fingerprint density at radius 3 is 2.46 bits per heavy atom. The highest BCUT2D eigenvalue weighted by Gasteiger charge is 2.35. The van der Waals surface area contributed by atoms with E-state index in [4.69, 9.17) is 40.2 Å². The molecule has 132 valence electrons. The Balaban J connectivity index is 2.04. The molecular formula is C18H11Cl2NO3S2. The van der Waals surface area contributed by atoms with Crippen LogP contribution in [0, 0.1) is 0 Å². The van der Waals surface area contributed by atoms with Gasteiger partial charge in [0.15, 0.2) is 4.32 Å². The van der Waals surface area contributed by atoms with Gasteiger partial charge in [-0.3, -0.25) is 9.69 Å². The van der Waals surface area contributed by atoms with Gasteiger partial charge in [-0.2, -0.15) is 0 Å². The van der Waals surface area contributed by atoms with E-state index in [1.165, 1.54) is 12.0 Å². The molecule has 3 rings (SSSR count). The second kappa shape index (κ2) is 7.80. The number of para-hydroxylation sites is 1. The summed E-state index contributed by atoms with van der Waals surface area (Å²) >= 11 is 18.8. The Morgan fingerprint density at radius 2 is 1.81 bits per heavy atom. The highest BCUT2D eigenvalue weighted by atomic mass is 35.5. The molecule has 26 heavy (non-hydrogen) atoms. The molecule has 0 unspecified atom stereocenters. The molecule has 1 aliphatic heterocycles. The number of thioether (sulfide) groups is 1. The average Bonchev–Trinajstić information content (AvgIpc) is 2.91. The number of nitrogens with zero attached hydrogens (tertiary/aromatic N) is 1. The summed E-state index contributed by atoms with van der Waals surface area (Å²) in [5.74, 6) is -0.903. The summed E-state index contributed by atoms with van der Waals surface area (Å²) in [6.45, 7) is 0. The number of halogens is 2. The maximum Gasteiger partial charge on any atom is 0.339 e. The molecule has 8 heteroatoms. The lowest BCUT2D eigenvalue weighted by atomic mass is 10.1. The van der Waals surface area contributed by atoms with Gasteiger partial charge in [-0.1, -0.05) is 65.4 Å². The first kappa shape index (κ1) is 18.9. The van der Waals surface area contributed by atoms with Crippen LogP contribution in [0.25, 0.3) is 6.08 Å². The number of thiocarbonyl (C=S) groups is 1. The zero-order valence-electron chi connectivity index (χ0n) is 13.4. The molecular weight excluding hydrogens is 413 g/mol. The molecule has 1 aliphatic rings. The normalized spacial score (nSPS) is 15.7. The van der Waals surface area contributed by atoms with Crippen LogP contribution in [0.1, 0.15) is 15.9 Å². The Labute approximate surface area is 169 Å². The number of anilines is 1. The molecule has 2 aromatic rings. The Morgan fingerprint density at radius 1 is 1.15 bits per heavy atom. The topological polar surface area (TPSA) is 46.6 Å². The van der Waals surface area contributed by atoms with E-state index >= 15 is 0 Å². The van der Waals surface area contributed by atoms with Crippen molar-refractivity contribution in [3.05, 3.63) is 68.5 Å². The molecule has 0 aliphatic carbocycles. The van der Waals surface area contributed by atoms with Crippen molar-refractivity contribution in [2.45, 2.75) is 0 Å². The molecule has 0 spiro atoms. The van der Waals surface area contributed by atoms with Crippen molar-refractivity contribution in [2.75, 3.05) is 12.0 Å². The average molecular weight is 424 g/mol. The van der Waals surface area contributed by atoms with Gasteiger partial charge >= 0.3 is 5.97 Å². The van der Waals surface area contributed by atoms with Crippen LogP contribution < -0.4 is 4.90 Å². The predicted octanol–water partition coefficient (Wildman–Crippen LogP) is 5.19. The van der Waals surface area contributed by atoms with E-state index in [2.05, 4.69) is 0 Å². The van der Waals surface area contributed by atoms with Crippen LogP contribution in [-0.4, -0.2) is 23.3 Å². The molecule has 1 fully saturated rings. The minimum Gasteiger partial charge on any atom is -0.465 e. The first-order chi connectivity index (χ1) is 12.4. The van der Waals surface area contributed by atoms with E-state index in [1.54, 1.807) is 48.5 Å². The number of rotatable bonds is 3. The highest BCUT2D eigenvalue weighted by Crippen LogP contribution is 2.39. The second-order valence-corrected chi connectivity index (χ2v) is 7.65. The fourth-order valence-corrected chi connectivity index (χ4v) is 4.18. The summed E-state index contributed by atoms with van der Waals surface area (Å²) in [5.41, 5.74) is 1.16. The maximum atomic E-state index is 12.9. The number of hydrogen-bond donors (Lipinski definition) is 0. The van der Waals surface area contributed by atoms with Crippen LogP contribution in [0.5, 0.6) is 0 Å². The quantitative estimate of drug-likeness (QED) is 0.386. The van der Waals surface area contributed by atoms with Crippen LogP contribution in [0.3, 0.4) is 0 Å². The zero-order valence-corrected chi connectivity index (χ0v) is 16.5. The number of methoxy groups -OCH3 is 1. The van der Waals surface area contributed by atoms with Gasteiger partial charge in [0, 0.05) is 15.6 Å². The number of carbonyl (C=O) groups is 2. The van der Waals surface area contributed by atoms with Crippen LogP contribution in [0.2, 0.25) is 10.0 Å². The summed E-state index contributed by atoms with van der Waals surface area (Å²) in [7, 11) is 1.28. The van der Waals surface area contributed by atoms with Crippen molar-refractivity contribution in [1.29, 1.82) is 0 Å². The van der Waals surface area contributed by atoms with E-state index in [9.17, 15) is 9.59 Å². The second-order valence-electron chi connectivity index (χ2n) is 5.16. The number of amides is 1. The van der Waals surface area contributed by atoms with Crippen LogP contribution in [0.15, 0.2) is 47.4 Å². The highest BCUT2D eigenvalue weighted by molar-refractivity contribution is 8.27. The summed E-state index contributed by atoms with van der Waals surface area (Å²) in [6.07, 6.45) is 1.60. The Kier molecular flexibility index (Phi) is 5.67. The van der Waals surface area contributed by atoms with Crippen molar-refractivity contribution < 1.29 is 14.3 Å². The van der Waals surface area contributed by atoms with Crippen molar-refractivity contribution in [3.63, 3.8) is 0 Å². The lowest BCUT2D eigenvalue weighted by Crippen LogP contribution is -2.29. The minimum atomic E-state index is -0.548. The SMILES string of the molecule is COC(=O)c1ccccc1N1C(=O)/C(=C/c2c(Cl)cccc2Cl)SC1=S. The van der Waals surface area contributed by atoms with Gasteiger partial charge in [0.1, 0.15) is 0 Å². The van der Waals surface area contributed by atoms with Crippen molar-refractivity contribution in [1.82, 2.24) is 0 Å². The van der Waals surface area contributed by atoms with Crippen molar-refractivity contribution in [3.8, 4) is 0 Å². The van der Waals surface area contributed by atoms with Crippen LogP contribution in [-0.2, 0) is 9.53 Å². The summed E-state index contributed by atoms with van der Waals surface area (Å²) in [5, 5.41) is 0.857. The third-order valence-corrected chi connectivity index (χ3v) is 5.58. The Bertz CT molecular complexity index is 939. The van der Waals surface area contributed by atoms with Gasteiger partial charge in [0.25, 0.3) is 5.91 Å². The summed E-state index contributed by atoms with van der Waals surface area (Å²) in [6, 6.07) is 11.7. The van der Waals surface area contributed by atoms with E-state index in [-0.39, 0.29) is 11.5 Å². The molecule has 0 aromatic heterocycles. The van der Waals surface area contributed by atoms with Gasteiger partial charge in [0.05, 0.1) is 23.3 Å². The van der Waals surface area contributed by atoms with E-state index in [0.717, 1.165) is 11.8 Å². The number of carbonyl (C=O) groups excluding carboxylic acids is 2. The molecule has 0 atom stereocenters. The van der Waals surface area contributed by atoms with Gasteiger partial charge < -0.3 is 4.74 Å². The molecule has 0 saturated carbocycles. The fourth-order valence-electron chi connectivity index (χ4n) is 2.41. The standard InChI is InChI=1S/C18H11Cl2NO3S2/c1-24-17(23)10-5-2-3-8-14(10)21-16(22)15(26-18(21)25)9-11-12(19)6-4-7-13(11)20/h2-9H,1H3/b15-9-. The van der Waals surface area contributed by atoms with E-state index in [1.807, 2.05) is 0 Å². The van der Waals surface area contributed by atoms with E-state index < -0.39 is 5.97 Å². The lowest BCUT2D eigenvalue weighted by molar-refractivity contribution is -0.113. The molecule has 1 saturated heterocycles. The van der Waals surface area contributed by atoms with Crippen LogP contribution in [0.4, 0.5) is 5.69 Å². The number of benzene rings is 2. The first-order valence-electron chi connectivity index (χ1n) is 7.33. The first-order valence-corrected chi connectivity index (χ1v) is 9.31. The number of esters is 1. The molecule has 0 bridgehead atoms. The predicted molar refractivity (Wildman–Crippen MR) is 110 cm³/mol. The van der Waals surface area contributed by atoms with Crippen molar-refractivity contribution in [2.24, 2.45) is 0 Å². The molecule has 0 N–H and O–H groups in total. The molecule has 4 nitrogen and oxygen atoms in total. The molecule has 0 radical (unpaired) electrons. The third kappa shape index (κ3) is 3.50. The van der Waals surface area contributed by atoms with Gasteiger partial charge in [0.2, 0.25) is 0 Å². The Hall–Kier alpha value is -1.86. The lowest BCUT2D eigenvalue weighted by Gasteiger charge is -2.17. The fraction of sp³-hybridized carbons (Fsp3) is 0.0556. The maximum absolute atomic E-state index is 12.9. The molecule has 1 amide bonds. The zero-order chi connectivity index (χ0) is 18.8. The smallest absolute Gasteiger partial charge is 0.339 e. The van der Waals surface area contributed by atoms with Gasteiger partial charge in [-0.15, -0.1) is 0 Å². The molecule has 1 heterocycles. The monoisotopic (exact) mass is 423 g/mol. The third-order valence-electron chi connectivity index (χ3n) is 3.62. The number of ether oxygens (including phenoxy) is 1. The minimum absolute atomic E-state index is 0.253. The van der Waals surface area contributed by atoms with Gasteiger partial charge in [-0.25, -0.2) is 4.79 Å².